The van der Waals surface area contributed by atoms with Crippen molar-refractivity contribution >= 4 is 23.5 Å². The molecule has 232 valence electrons. The third-order valence-electron chi connectivity index (χ3n) is 6.45. The molecule has 0 radical (unpaired) electrons. The summed E-state index contributed by atoms with van der Waals surface area (Å²) in [6.07, 6.45) is -3.79. The molecule has 5 heterocycles. The summed E-state index contributed by atoms with van der Waals surface area (Å²) in [6, 6.07) is 13.7. The number of carboxylic acids is 2. The highest BCUT2D eigenvalue weighted by atomic mass is 19.4. The van der Waals surface area contributed by atoms with Gasteiger partial charge in [-0.1, -0.05) is 6.07 Å². The third kappa shape index (κ3) is 7.40. The number of anilines is 1. The van der Waals surface area contributed by atoms with Crippen LogP contribution in [-0.4, -0.2) is 93.2 Å². The number of ether oxygens (including phenoxy) is 1. The molecule has 11 nitrogen and oxygen atoms in total. The van der Waals surface area contributed by atoms with Crippen LogP contribution in [0, 0.1) is 0 Å². The summed E-state index contributed by atoms with van der Waals surface area (Å²) < 4.78 is 71.0. The van der Waals surface area contributed by atoms with Crippen LogP contribution in [0.5, 0.6) is 0 Å². The van der Waals surface area contributed by atoms with Crippen LogP contribution in [-0.2, 0) is 19.9 Å². The molecular weight excluding hydrogens is 592 g/mol. The topological polar surface area (TPSA) is 138 Å². The van der Waals surface area contributed by atoms with Gasteiger partial charge in [-0.15, -0.1) is 0 Å². The molecule has 43 heavy (non-hydrogen) atoms. The SMILES string of the molecule is COCCN1c2cccnc2-n2cccc2C12CCN(C(=O)c1ccccn1)C2.O=C(O)C(F)(F)F.O=C(O)C(F)(F)F. The fourth-order valence-corrected chi connectivity index (χ4v) is 4.66. The van der Waals surface area contributed by atoms with Crippen molar-refractivity contribution < 1.29 is 55.7 Å². The first-order valence-electron chi connectivity index (χ1n) is 12.3. The first-order chi connectivity index (χ1) is 20.1. The van der Waals surface area contributed by atoms with E-state index in [0.717, 1.165) is 30.2 Å². The normalized spacial score (nSPS) is 17.2. The Morgan fingerprint density at radius 3 is 2.12 bits per heavy atom. The number of hydrogen-bond acceptors (Lipinski definition) is 7. The Labute approximate surface area is 239 Å². The molecule has 0 saturated carbocycles. The minimum atomic E-state index is -5.08. The van der Waals surface area contributed by atoms with Gasteiger partial charge in [-0.05, 0) is 42.8 Å². The van der Waals surface area contributed by atoms with Gasteiger partial charge >= 0.3 is 24.3 Å². The Morgan fingerprint density at radius 2 is 1.56 bits per heavy atom. The smallest absolute Gasteiger partial charge is 0.475 e. The molecule has 2 aliphatic rings. The minimum Gasteiger partial charge on any atom is -0.475 e. The molecule has 1 atom stereocenters. The van der Waals surface area contributed by atoms with Crippen LogP contribution in [0.25, 0.3) is 5.82 Å². The largest absolute Gasteiger partial charge is 0.490 e. The Bertz CT molecular complexity index is 1410. The summed E-state index contributed by atoms with van der Waals surface area (Å²) in [5.41, 5.74) is 2.40. The summed E-state index contributed by atoms with van der Waals surface area (Å²) in [5, 5.41) is 14.2. The lowest BCUT2D eigenvalue weighted by molar-refractivity contribution is -0.193. The van der Waals surface area contributed by atoms with Crippen LogP contribution in [0.3, 0.4) is 0 Å². The van der Waals surface area contributed by atoms with Gasteiger partial charge in [-0.2, -0.15) is 26.3 Å². The van der Waals surface area contributed by atoms with Crippen LogP contribution < -0.4 is 4.90 Å². The lowest BCUT2D eigenvalue weighted by Crippen LogP contribution is -2.53. The van der Waals surface area contributed by atoms with Gasteiger partial charge < -0.3 is 29.3 Å². The van der Waals surface area contributed by atoms with Crippen LogP contribution >= 0.6 is 0 Å². The van der Waals surface area contributed by atoms with Crippen LogP contribution in [0.15, 0.2) is 61.1 Å². The molecule has 3 aromatic heterocycles. The molecule has 0 bridgehead atoms. The second kappa shape index (κ2) is 13.1. The van der Waals surface area contributed by atoms with E-state index < -0.39 is 24.3 Å². The number of aromatic nitrogens is 3. The zero-order valence-corrected chi connectivity index (χ0v) is 22.3. The fraction of sp³-hybridized carbons (Fsp3) is 0.346. The maximum Gasteiger partial charge on any atom is 0.490 e. The molecule has 1 saturated heterocycles. The number of likely N-dealkylation sites (tertiary alicyclic amines) is 1. The number of nitrogens with zero attached hydrogens (tertiary/aromatic N) is 5. The average Bonchev–Trinajstić information content (AvgIpc) is 3.62. The zero-order valence-electron chi connectivity index (χ0n) is 22.3. The summed E-state index contributed by atoms with van der Waals surface area (Å²) in [4.78, 5) is 44.1. The fourth-order valence-electron chi connectivity index (χ4n) is 4.66. The molecule has 1 spiro atoms. The van der Waals surface area contributed by atoms with Crippen molar-refractivity contribution in [1.29, 1.82) is 0 Å². The number of methoxy groups -OCH3 is 1. The number of fused-ring (bicyclic) bond motifs is 4. The Morgan fingerprint density at radius 1 is 0.930 bits per heavy atom. The molecule has 1 amide bonds. The predicted molar refractivity (Wildman–Crippen MR) is 137 cm³/mol. The van der Waals surface area contributed by atoms with E-state index in [2.05, 4.69) is 43.8 Å². The van der Waals surface area contributed by atoms with Gasteiger partial charge in [-0.3, -0.25) is 9.78 Å². The number of pyridine rings is 2. The van der Waals surface area contributed by atoms with Crippen molar-refractivity contribution in [2.24, 2.45) is 0 Å². The second-order valence-electron chi connectivity index (χ2n) is 9.08. The summed E-state index contributed by atoms with van der Waals surface area (Å²) in [5.74, 6) is -4.62. The lowest BCUT2D eigenvalue weighted by atomic mass is 9.89. The van der Waals surface area contributed by atoms with Crippen molar-refractivity contribution in [2.75, 3.05) is 38.3 Å². The standard InChI is InChI=1S/C22H23N5O2.2C2HF3O2/c1-29-15-14-27-18-7-4-11-24-20(18)26-12-5-8-19(26)22(27)9-13-25(16-22)21(28)17-6-2-3-10-23-17;2*3-2(4,5)1(6)7/h2-8,10-12H,9,13-16H2,1H3;2*(H,6,7). The number of carboxylic acid groups (broad SMARTS) is 2. The maximum atomic E-state index is 13.1. The number of rotatable bonds is 4. The predicted octanol–water partition coefficient (Wildman–Crippen LogP) is 3.74. The molecule has 2 aliphatic heterocycles. The second-order valence-corrected chi connectivity index (χ2v) is 9.08. The van der Waals surface area contributed by atoms with Crippen molar-refractivity contribution in [3.63, 3.8) is 0 Å². The summed E-state index contributed by atoms with van der Waals surface area (Å²) in [7, 11) is 1.72. The van der Waals surface area contributed by atoms with E-state index in [1.165, 1.54) is 0 Å². The number of amides is 1. The molecule has 2 N–H and O–H groups in total. The van der Waals surface area contributed by atoms with Crippen molar-refractivity contribution in [3.05, 3.63) is 72.4 Å². The number of hydrogen-bond donors (Lipinski definition) is 2. The monoisotopic (exact) mass is 617 g/mol. The third-order valence-corrected chi connectivity index (χ3v) is 6.45. The number of carbonyl (C=O) groups excluding carboxylic acids is 1. The van der Waals surface area contributed by atoms with E-state index in [9.17, 15) is 31.1 Å². The molecular formula is C26H25F6N5O6. The Balaban J connectivity index is 0.000000303. The van der Waals surface area contributed by atoms with Crippen LogP contribution in [0.1, 0.15) is 22.6 Å². The Kier molecular flexibility index (Phi) is 10.0. The van der Waals surface area contributed by atoms with Gasteiger partial charge in [0.2, 0.25) is 0 Å². The highest BCUT2D eigenvalue weighted by Gasteiger charge is 2.51. The minimum absolute atomic E-state index is 0.0238. The van der Waals surface area contributed by atoms with Gasteiger partial charge in [0.25, 0.3) is 5.91 Å². The summed E-state index contributed by atoms with van der Waals surface area (Å²) in [6.45, 7) is 2.61. The first-order valence-corrected chi connectivity index (χ1v) is 12.3. The molecule has 17 heteroatoms. The van der Waals surface area contributed by atoms with Crippen molar-refractivity contribution in [2.45, 2.75) is 24.3 Å². The van der Waals surface area contributed by atoms with Crippen molar-refractivity contribution in [3.8, 4) is 5.82 Å². The number of halogens is 6. The van der Waals surface area contributed by atoms with Gasteiger partial charge in [-0.25, -0.2) is 14.6 Å². The zero-order chi connectivity index (χ0) is 32.0. The quantitative estimate of drug-likeness (QED) is 0.420. The highest BCUT2D eigenvalue weighted by molar-refractivity contribution is 5.92. The Hall–Kier alpha value is -4.67. The number of aliphatic carboxylic acids is 2. The van der Waals surface area contributed by atoms with Crippen molar-refractivity contribution in [1.82, 2.24) is 19.4 Å². The summed E-state index contributed by atoms with van der Waals surface area (Å²) >= 11 is 0. The van der Waals surface area contributed by atoms with E-state index in [1.54, 1.807) is 19.4 Å². The van der Waals surface area contributed by atoms with E-state index in [1.807, 2.05) is 29.3 Å². The van der Waals surface area contributed by atoms with Crippen LogP contribution in [0.4, 0.5) is 32.0 Å². The number of alkyl halides is 6. The van der Waals surface area contributed by atoms with E-state index >= 15 is 0 Å². The lowest BCUT2D eigenvalue weighted by Gasteiger charge is -2.47. The van der Waals surface area contributed by atoms with Gasteiger partial charge in [0.05, 0.1) is 18.0 Å². The van der Waals surface area contributed by atoms with Gasteiger partial charge in [0.15, 0.2) is 5.82 Å². The molecule has 0 aromatic carbocycles. The molecule has 5 rings (SSSR count). The highest BCUT2D eigenvalue weighted by Crippen LogP contribution is 2.47. The number of carbonyl (C=O) groups is 3. The molecule has 3 aromatic rings. The van der Waals surface area contributed by atoms with E-state index in [0.29, 0.717) is 25.4 Å². The first kappa shape index (κ1) is 32.8. The molecule has 0 aliphatic carbocycles. The maximum absolute atomic E-state index is 13.1. The molecule has 1 fully saturated rings. The molecule has 1 unspecified atom stereocenters. The van der Waals surface area contributed by atoms with E-state index in [-0.39, 0.29) is 11.4 Å². The average molecular weight is 618 g/mol. The van der Waals surface area contributed by atoms with E-state index in [4.69, 9.17) is 24.5 Å². The van der Waals surface area contributed by atoms with Crippen LogP contribution in [0.2, 0.25) is 0 Å². The van der Waals surface area contributed by atoms with Gasteiger partial charge in [0, 0.05) is 45.3 Å². The van der Waals surface area contributed by atoms with Gasteiger partial charge in [0.1, 0.15) is 11.2 Å².